The molecule has 0 saturated carbocycles. The quantitative estimate of drug-likeness (QED) is 0.775. The van der Waals surface area contributed by atoms with Gasteiger partial charge >= 0.3 is 0 Å². The highest BCUT2D eigenvalue weighted by molar-refractivity contribution is 7.98. The molecule has 1 unspecified atom stereocenters. The number of benzene rings is 2. The third-order valence-corrected chi connectivity index (χ3v) is 4.58. The Labute approximate surface area is 128 Å². The van der Waals surface area contributed by atoms with Crippen LogP contribution < -0.4 is 5.32 Å². The van der Waals surface area contributed by atoms with Crippen molar-refractivity contribution in [3.63, 3.8) is 0 Å². The number of hydrogen-bond acceptors (Lipinski definition) is 2. The van der Waals surface area contributed by atoms with E-state index in [9.17, 15) is 4.39 Å². The predicted octanol–water partition coefficient (Wildman–Crippen LogP) is 5.05. The first-order chi connectivity index (χ1) is 9.60. The van der Waals surface area contributed by atoms with Gasteiger partial charge in [-0.05, 0) is 49.4 Å². The van der Waals surface area contributed by atoms with Crippen LogP contribution in [-0.4, -0.2) is 7.05 Å². The summed E-state index contributed by atoms with van der Waals surface area (Å²) in [4.78, 5) is 1.19. The maximum atomic E-state index is 13.1. The fourth-order valence-electron chi connectivity index (χ4n) is 1.82. The Morgan fingerprint density at radius 1 is 1.20 bits per heavy atom. The second-order valence-electron chi connectivity index (χ2n) is 4.62. The standard InChI is InChI=1S/C16H17ClFNS/c1-11(19-2)13-4-6-14(7-5-13)20-10-12-3-8-16(18)15(17)9-12/h3-9,11,19H,10H2,1-2H3. The van der Waals surface area contributed by atoms with Gasteiger partial charge in [-0.3, -0.25) is 0 Å². The number of hydrogen-bond donors (Lipinski definition) is 1. The van der Waals surface area contributed by atoms with Crippen molar-refractivity contribution in [3.8, 4) is 0 Å². The molecular formula is C16H17ClFNS. The molecule has 2 rings (SSSR count). The molecular weight excluding hydrogens is 293 g/mol. The van der Waals surface area contributed by atoms with Crippen molar-refractivity contribution in [1.82, 2.24) is 5.32 Å². The van der Waals surface area contributed by atoms with Gasteiger partial charge in [-0.2, -0.15) is 0 Å². The Bertz CT molecular complexity index is 571. The molecule has 0 fully saturated rings. The topological polar surface area (TPSA) is 12.0 Å². The smallest absolute Gasteiger partial charge is 0.141 e. The van der Waals surface area contributed by atoms with E-state index in [1.165, 1.54) is 16.5 Å². The molecule has 20 heavy (non-hydrogen) atoms. The summed E-state index contributed by atoms with van der Waals surface area (Å²) in [5, 5.41) is 3.39. The lowest BCUT2D eigenvalue weighted by molar-refractivity contribution is 0.628. The summed E-state index contributed by atoms with van der Waals surface area (Å²) in [5.74, 6) is 0.409. The van der Waals surface area contributed by atoms with E-state index in [1.807, 2.05) is 7.05 Å². The zero-order chi connectivity index (χ0) is 14.5. The molecule has 0 aliphatic rings. The minimum absolute atomic E-state index is 0.182. The van der Waals surface area contributed by atoms with Crippen LogP contribution in [0.4, 0.5) is 4.39 Å². The van der Waals surface area contributed by atoms with E-state index in [2.05, 4.69) is 36.5 Å². The van der Waals surface area contributed by atoms with E-state index in [0.717, 1.165) is 11.3 Å². The van der Waals surface area contributed by atoms with Gasteiger partial charge in [0.15, 0.2) is 0 Å². The van der Waals surface area contributed by atoms with Gasteiger partial charge in [-0.25, -0.2) is 4.39 Å². The lowest BCUT2D eigenvalue weighted by Crippen LogP contribution is -2.11. The van der Waals surface area contributed by atoms with Crippen molar-refractivity contribution >= 4 is 23.4 Å². The first-order valence-corrected chi connectivity index (χ1v) is 7.80. The van der Waals surface area contributed by atoms with Crippen molar-refractivity contribution in [3.05, 3.63) is 64.4 Å². The fourth-order valence-corrected chi connectivity index (χ4v) is 2.86. The van der Waals surface area contributed by atoms with E-state index in [0.29, 0.717) is 6.04 Å². The first kappa shape index (κ1) is 15.4. The molecule has 0 aromatic heterocycles. The van der Waals surface area contributed by atoms with E-state index in [-0.39, 0.29) is 10.8 Å². The maximum absolute atomic E-state index is 13.1. The van der Waals surface area contributed by atoms with Crippen LogP contribution in [0.3, 0.4) is 0 Å². The highest BCUT2D eigenvalue weighted by atomic mass is 35.5. The van der Waals surface area contributed by atoms with Crippen molar-refractivity contribution in [1.29, 1.82) is 0 Å². The van der Waals surface area contributed by atoms with Gasteiger partial charge in [0.2, 0.25) is 0 Å². The van der Waals surface area contributed by atoms with Crippen LogP contribution in [-0.2, 0) is 5.75 Å². The van der Waals surface area contributed by atoms with Crippen LogP contribution in [0.2, 0.25) is 5.02 Å². The summed E-state index contributed by atoms with van der Waals surface area (Å²) in [7, 11) is 1.95. The average molecular weight is 310 g/mol. The molecule has 0 radical (unpaired) electrons. The van der Waals surface area contributed by atoms with Crippen LogP contribution in [0.1, 0.15) is 24.1 Å². The van der Waals surface area contributed by atoms with E-state index in [4.69, 9.17) is 11.6 Å². The van der Waals surface area contributed by atoms with Gasteiger partial charge in [-0.1, -0.05) is 29.8 Å². The van der Waals surface area contributed by atoms with Crippen molar-refractivity contribution < 1.29 is 4.39 Å². The largest absolute Gasteiger partial charge is 0.313 e. The number of thioether (sulfide) groups is 1. The Hall–Kier alpha value is -1.03. The van der Waals surface area contributed by atoms with Crippen LogP contribution >= 0.6 is 23.4 Å². The first-order valence-electron chi connectivity index (χ1n) is 6.44. The summed E-state index contributed by atoms with van der Waals surface area (Å²) in [6, 6.07) is 13.7. The van der Waals surface area contributed by atoms with Gasteiger partial charge in [0.25, 0.3) is 0 Å². The highest BCUT2D eigenvalue weighted by Crippen LogP contribution is 2.26. The predicted molar refractivity (Wildman–Crippen MR) is 84.9 cm³/mol. The van der Waals surface area contributed by atoms with Gasteiger partial charge in [0.05, 0.1) is 5.02 Å². The molecule has 0 aliphatic carbocycles. The minimum Gasteiger partial charge on any atom is -0.313 e. The van der Waals surface area contributed by atoms with Crippen LogP contribution in [0.25, 0.3) is 0 Å². The van der Waals surface area contributed by atoms with E-state index >= 15 is 0 Å². The molecule has 4 heteroatoms. The molecule has 0 spiro atoms. The summed E-state index contributed by atoms with van der Waals surface area (Å²) in [5.41, 5.74) is 2.29. The fraction of sp³-hybridized carbons (Fsp3) is 0.250. The molecule has 0 heterocycles. The Morgan fingerprint density at radius 3 is 2.50 bits per heavy atom. The number of rotatable bonds is 5. The molecule has 2 aromatic rings. The number of nitrogens with one attached hydrogen (secondary N) is 1. The van der Waals surface area contributed by atoms with Gasteiger partial charge in [0.1, 0.15) is 5.82 Å². The molecule has 2 aromatic carbocycles. The maximum Gasteiger partial charge on any atom is 0.141 e. The Balaban J connectivity index is 1.98. The summed E-state index contributed by atoms with van der Waals surface area (Å²) >= 11 is 7.49. The second kappa shape index (κ2) is 7.11. The van der Waals surface area contributed by atoms with Crippen molar-refractivity contribution in [2.75, 3.05) is 7.05 Å². The van der Waals surface area contributed by atoms with Gasteiger partial charge in [0, 0.05) is 16.7 Å². The highest BCUT2D eigenvalue weighted by Gasteiger charge is 2.04. The van der Waals surface area contributed by atoms with Crippen molar-refractivity contribution in [2.24, 2.45) is 0 Å². The Morgan fingerprint density at radius 2 is 1.90 bits per heavy atom. The van der Waals surface area contributed by atoms with Crippen LogP contribution in [0.15, 0.2) is 47.4 Å². The summed E-state index contributed by atoms with van der Waals surface area (Å²) in [6.07, 6.45) is 0. The Kier molecular flexibility index (Phi) is 5.46. The SMILES string of the molecule is CNC(C)c1ccc(SCc2ccc(F)c(Cl)c2)cc1. The van der Waals surface area contributed by atoms with Gasteiger partial charge in [-0.15, -0.1) is 11.8 Å². The molecule has 1 N–H and O–H groups in total. The summed E-state index contributed by atoms with van der Waals surface area (Å²) in [6.45, 7) is 2.13. The molecule has 0 amide bonds. The summed E-state index contributed by atoms with van der Waals surface area (Å²) < 4.78 is 13.1. The number of halogens is 2. The zero-order valence-corrected chi connectivity index (χ0v) is 13.1. The average Bonchev–Trinajstić information content (AvgIpc) is 2.48. The van der Waals surface area contributed by atoms with Crippen molar-refractivity contribution in [2.45, 2.75) is 23.6 Å². The van der Waals surface area contributed by atoms with Crippen LogP contribution in [0.5, 0.6) is 0 Å². The van der Waals surface area contributed by atoms with E-state index in [1.54, 1.807) is 23.9 Å². The molecule has 0 saturated heterocycles. The molecule has 1 atom stereocenters. The lowest BCUT2D eigenvalue weighted by atomic mass is 10.1. The van der Waals surface area contributed by atoms with Gasteiger partial charge < -0.3 is 5.32 Å². The molecule has 0 bridgehead atoms. The third-order valence-electron chi connectivity index (χ3n) is 3.20. The lowest BCUT2D eigenvalue weighted by Gasteiger charge is -2.11. The third kappa shape index (κ3) is 3.98. The molecule has 1 nitrogen and oxygen atoms in total. The van der Waals surface area contributed by atoms with E-state index < -0.39 is 0 Å². The molecule has 106 valence electrons. The normalized spacial score (nSPS) is 12.4. The zero-order valence-electron chi connectivity index (χ0n) is 11.5. The molecule has 0 aliphatic heterocycles. The monoisotopic (exact) mass is 309 g/mol. The second-order valence-corrected chi connectivity index (χ2v) is 6.07. The van der Waals surface area contributed by atoms with Crippen LogP contribution in [0, 0.1) is 5.82 Å². The minimum atomic E-state index is -0.370.